The number of hydrogen-bond acceptors (Lipinski definition) is 5. The van der Waals surface area contributed by atoms with Crippen molar-refractivity contribution in [2.75, 3.05) is 12.4 Å². The second-order valence-corrected chi connectivity index (χ2v) is 5.79. The standard InChI is InChI=1S/C20H22N4O/c1-4-16-12-19(24-20(23-16)17-7-5-6-10-21-17)22-13-15-8-9-18(25-3)14(2)11-15/h5-12H,4,13H2,1-3H3,(H,22,23,24). The number of hydrogen-bond donors (Lipinski definition) is 1. The highest BCUT2D eigenvalue weighted by molar-refractivity contribution is 5.53. The van der Waals surface area contributed by atoms with Crippen LogP contribution >= 0.6 is 0 Å². The van der Waals surface area contributed by atoms with Gasteiger partial charge < -0.3 is 10.1 Å². The smallest absolute Gasteiger partial charge is 0.180 e. The van der Waals surface area contributed by atoms with Crippen molar-refractivity contribution in [3.05, 3.63) is 65.5 Å². The molecule has 1 aromatic carbocycles. The molecule has 2 heterocycles. The van der Waals surface area contributed by atoms with Crippen LogP contribution in [0.4, 0.5) is 5.82 Å². The molecule has 0 spiro atoms. The van der Waals surface area contributed by atoms with Crippen LogP contribution in [0.3, 0.4) is 0 Å². The quantitative estimate of drug-likeness (QED) is 0.737. The third-order valence-electron chi connectivity index (χ3n) is 3.97. The maximum Gasteiger partial charge on any atom is 0.180 e. The minimum Gasteiger partial charge on any atom is -0.496 e. The summed E-state index contributed by atoms with van der Waals surface area (Å²) in [6.07, 6.45) is 2.60. The van der Waals surface area contributed by atoms with Gasteiger partial charge in [-0.3, -0.25) is 4.98 Å². The van der Waals surface area contributed by atoms with E-state index in [1.54, 1.807) is 13.3 Å². The lowest BCUT2D eigenvalue weighted by Gasteiger charge is -2.11. The molecule has 0 saturated carbocycles. The Labute approximate surface area is 148 Å². The minimum absolute atomic E-state index is 0.647. The third kappa shape index (κ3) is 4.12. The summed E-state index contributed by atoms with van der Waals surface area (Å²) < 4.78 is 5.31. The van der Waals surface area contributed by atoms with Crippen molar-refractivity contribution in [2.24, 2.45) is 0 Å². The maximum absolute atomic E-state index is 5.31. The van der Waals surface area contributed by atoms with Crippen LogP contribution < -0.4 is 10.1 Å². The van der Waals surface area contributed by atoms with Gasteiger partial charge in [-0.2, -0.15) is 0 Å². The molecule has 5 heteroatoms. The predicted octanol–water partition coefficient (Wildman–Crippen LogP) is 4.03. The Morgan fingerprint density at radius 3 is 2.64 bits per heavy atom. The zero-order valence-electron chi connectivity index (χ0n) is 14.8. The summed E-state index contributed by atoms with van der Waals surface area (Å²) >= 11 is 0. The Balaban J connectivity index is 1.81. The zero-order valence-corrected chi connectivity index (χ0v) is 14.8. The normalized spacial score (nSPS) is 10.5. The molecular weight excluding hydrogens is 312 g/mol. The number of methoxy groups -OCH3 is 1. The number of aryl methyl sites for hydroxylation is 2. The van der Waals surface area contributed by atoms with Crippen LogP contribution in [0.25, 0.3) is 11.5 Å². The van der Waals surface area contributed by atoms with Crippen molar-refractivity contribution >= 4 is 5.82 Å². The van der Waals surface area contributed by atoms with E-state index in [4.69, 9.17) is 4.74 Å². The van der Waals surface area contributed by atoms with Gasteiger partial charge in [0.25, 0.3) is 0 Å². The Bertz CT molecular complexity index is 850. The SMILES string of the molecule is CCc1cc(NCc2ccc(OC)c(C)c2)nc(-c2ccccn2)n1. The molecule has 5 nitrogen and oxygen atoms in total. The number of pyridine rings is 1. The minimum atomic E-state index is 0.647. The third-order valence-corrected chi connectivity index (χ3v) is 3.97. The van der Waals surface area contributed by atoms with Crippen molar-refractivity contribution in [1.29, 1.82) is 0 Å². The van der Waals surface area contributed by atoms with E-state index in [-0.39, 0.29) is 0 Å². The maximum atomic E-state index is 5.31. The molecule has 2 aromatic heterocycles. The molecule has 0 aliphatic rings. The number of anilines is 1. The first-order chi connectivity index (χ1) is 12.2. The number of benzene rings is 1. The fourth-order valence-electron chi connectivity index (χ4n) is 2.62. The first-order valence-corrected chi connectivity index (χ1v) is 8.36. The number of ether oxygens (including phenoxy) is 1. The van der Waals surface area contributed by atoms with Crippen molar-refractivity contribution in [3.8, 4) is 17.3 Å². The van der Waals surface area contributed by atoms with Gasteiger partial charge in [0.2, 0.25) is 0 Å². The summed E-state index contributed by atoms with van der Waals surface area (Å²) in [4.78, 5) is 13.5. The van der Waals surface area contributed by atoms with Gasteiger partial charge in [0.1, 0.15) is 17.3 Å². The van der Waals surface area contributed by atoms with Crippen LogP contribution in [0.15, 0.2) is 48.7 Å². The molecule has 3 rings (SSSR count). The fourth-order valence-corrected chi connectivity index (χ4v) is 2.62. The molecule has 0 saturated heterocycles. The molecule has 25 heavy (non-hydrogen) atoms. The fraction of sp³-hybridized carbons (Fsp3) is 0.250. The van der Waals surface area contributed by atoms with Crippen molar-refractivity contribution in [3.63, 3.8) is 0 Å². The second kappa shape index (κ2) is 7.75. The van der Waals surface area contributed by atoms with E-state index in [2.05, 4.69) is 39.3 Å². The second-order valence-electron chi connectivity index (χ2n) is 5.79. The zero-order chi connectivity index (χ0) is 17.6. The average molecular weight is 334 g/mol. The Morgan fingerprint density at radius 1 is 1.08 bits per heavy atom. The Kier molecular flexibility index (Phi) is 5.23. The lowest BCUT2D eigenvalue weighted by molar-refractivity contribution is 0.411. The predicted molar refractivity (Wildman–Crippen MR) is 99.7 cm³/mol. The number of nitrogens with zero attached hydrogens (tertiary/aromatic N) is 3. The average Bonchev–Trinajstić information content (AvgIpc) is 2.67. The molecule has 0 bridgehead atoms. The van der Waals surface area contributed by atoms with Gasteiger partial charge >= 0.3 is 0 Å². The number of rotatable bonds is 6. The highest BCUT2D eigenvalue weighted by Gasteiger charge is 2.07. The van der Waals surface area contributed by atoms with E-state index in [0.29, 0.717) is 12.4 Å². The van der Waals surface area contributed by atoms with Crippen LogP contribution in [0.1, 0.15) is 23.7 Å². The Hall–Kier alpha value is -2.95. The van der Waals surface area contributed by atoms with Crippen LogP contribution in [-0.2, 0) is 13.0 Å². The topological polar surface area (TPSA) is 59.9 Å². The highest BCUT2D eigenvalue weighted by Crippen LogP contribution is 2.20. The summed E-state index contributed by atoms with van der Waals surface area (Å²) in [5.74, 6) is 2.35. The lowest BCUT2D eigenvalue weighted by Crippen LogP contribution is -2.05. The van der Waals surface area contributed by atoms with E-state index in [1.165, 1.54) is 5.56 Å². The van der Waals surface area contributed by atoms with Gasteiger partial charge in [0.05, 0.1) is 7.11 Å². The molecule has 0 aliphatic heterocycles. The molecule has 0 atom stereocenters. The summed E-state index contributed by atoms with van der Waals surface area (Å²) in [6, 6.07) is 13.9. The van der Waals surface area contributed by atoms with Crippen molar-refractivity contribution in [2.45, 2.75) is 26.8 Å². The van der Waals surface area contributed by atoms with Crippen LogP contribution in [0.5, 0.6) is 5.75 Å². The molecule has 0 amide bonds. The van der Waals surface area contributed by atoms with Crippen molar-refractivity contribution in [1.82, 2.24) is 15.0 Å². The van der Waals surface area contributed by atoms with Gasteiger partial charge in [-0.25, -0.2) is 9.97 Å². The monoisotopic (exact) mass is 334 g/mol. The van der Waals surface area contributed by atoms with E-state index >= 15 is 0 Å². The molecule has 3 aromatic rings. The van der Waals surface area contributed by atoms with E-state index < -0.39 is 0 Å². The summed E-state index contributed by atoms with van der Waals surface area (Å²) in [5, 5.41) is 3.39. The van der Waals surface area contributed by atoms with Gasteiger partial charge in [-0.05, 0) is 42.7 Å². The molecule has 0 aliphatic carbocycles. The van der Waals surface area contributed by atoms with Gasteiger partial charge in [-0.1, -0.05) is 25.1 Å². The van der Waals surface area contributed by atoms with E-state index in [9.17, 15) is 0 Å². The number of aromatic nitrogens is 3. The molecule has 0 unspecified atom stereocenters. The van der Waals surface area contributed by atoms with E-state index in [1.807, 2.05) is 37.3 Å². The van der Waals surface area contributed by atoms with Crippen LogP contribution in [0, 0.1) is 6.92 Å². The van der Waals surface area contributed by atoms with Gasteiger partial charge in [0, 0.05) is 24.5 Å². The molecule has 1 N–H and O–H groups in total. The molecule has 0 fully saturated rings. The lowest BCUT2D eigenvalue weighted by atomic mass is 10.1. The molecular formula is C20H22N4O. The summed E-state index contributed by atoms with van der Waals surface area (Å²) in [7, 11) is 1.69. The largest absolute Gasteiger partial charge is 0.496 e. The highest BCUT2D eigenvalue weighted by atomic mass is 16.5. The molecule has 0 radical (unpaired) electrons. The van der Waals surface area contributed by atoms with Crippen molar-refractivity contribution < 1.29 is 4.74 Å². The Morgan fingerprint density at radius 2 is 1.96 bits per heavy atom. The van der Waals surface area contributed by atoms with Gasteiger partial charge in [0.15, 0.2) is 5.82 Å². The first-order valence-electron chi connectivity index (χ1n) is 8.36. The summed E-state index contributed by atoms with van der Waals surface area (Å²) in [5.41, 5.74) is 4.06. The van der Waals surface area contributed by atoms with Crippen LogP contribution in [-0.4, -0.2) is 22.1 Å². The van der Waals surface area contributed by atoms with Crippen LogP contribution in [0.2, 0.25) is 0 Å². The van der Waals surface area contributed by atoms with Gasteiger partial charge in [-0.15, -0.1) is 0 Å². The van der Waals surface area contributed by atoms with E-state index in [0.717, 1.165) is 34.9 Å². The first kappa shape index (κ1) is 16.9. The molecule has 128 valence electrons. The number of nitrogens with one attached hydrogen (secondary N) is 1. The summed E-state index contributed by atoms with van der Waals surface area (Å²) in [6.45, 7) is 4.81.